The molecule has 1 saturated heterocycles. The zero-order valence-electron chi connectivity index (χ0n) is 16.7. The van der Waals surface area contributed by atoms with E-state index in [1.165, 1.54) is 18.2 Å². The van der Waals surface area contributed by atoms with Crippen LogP contribution in [0.1, 0.15) is 30.8 Å². The molecular weight excluding hydrogens is 428 g/mol. The normalized spacial score (nSPS) is 17.5. The Morgan fingerprint density at radius 2 is 1.90 bits per heavy atom. The second-order valence-corrected chi connectivity index (χ2v) is 9.25. The van der Waals surface area contributed by atoms with Crippen molar-refractivity contribution in [1.29, 1.82) is 0 Å². The number of carbonyl (C=O) groups is 1. The lowest BCUT2D eigenvalue weighted by atomic mass is 10.2. The summed E-state index contributed by atoms with van der Waals surface area (Å²) in [5.41, 5.74) is 1.50. The molecule has 0 radical (unpaired) electrons. The second kappa shape index (κ2) is 8.35. The standard InChI is InChI=1S/C21H21F2N3O4S/c1-14-8-10-15(11-9-14)31(28,29)25-12-4-7-18(25)20(27)30-13-19-24-16-5-2-3-6-17(16)26(19)21(22)23/h2-3,5-6,8-11,18,21H,4,7,12-13H2,1H3/t18-/m0/s1. The smallest absolute Gasteiger partial charge is 0.324 e. The Morgan fingerprint density at radius 3 is 2.61 bits per heavy atom. The minimum absolute atomic E-state index is 0.0947. The molecule has 0 spiro atoms. The Kier molecular flexibility index (Phi) is 5.76. The summed E-state index contributed by atoms with van der Waals surface area (Å²) in [6, 6.07) is 11.7. The van der Waals surface area contributed by atoms with Crippen LogP contribution in [0.5, 0.6) is 0 Å². The zero-order chi connectivity index (χ0) is 22.2. The average Bonchev–Trinajstić information content (AvgIpc) is 3.37. The molecule has 4 rings (SSSR count). The fourth-order valence-corrected chi connectivity index (χ4v) is 5.40. The van der Waals surface area contributed by atoms with Gasteiger partial charge < -0.3 is 4.74 Å². The van der Waals surface area contributed by atoms with Gasteiger partial charge in [0.25, 0.3) is 0 Å². The predicted octanol–water partition coefficient (Wildman–Crippen LogP) is 3.64. The van der Waals surface area contributed by atoms with Gasteiger partial charge in [0, 0.05) is 6.54 Å². The number of imidazole rings is 1. The number of alkyl halides is 2. The molecule has 0 N–H and O–H groups in total. The van der Waals surface area contributed by atoms with Crippen molar-refractivity contribution in [2.75, 3.05) is 6.54 Å². The lowest BCUT2D eigenvalue weighted by Crippen LogP contribution is -2.41. The van der Waals surface area contributed by atoms with Gasteiger partial charge >= 0.3 is 12.5 Å². The van der Waals surface area contributed by atoms with E-state index in [0.29, 0.717) is 22.9 Å². The van der Waals surface area contributed by atoms with Crippen LogP contribution in [-0.4, -0.2) is 40.8 Å². The maximum Gasteiger partial charge on any atom is 0.324 e. The summed E-state index contributed by atoms with van der Waals surface area (Å²) in [6.45, 7) is -1.30. The summed E-state index contributed by atoms with van der Waals surface area (Å²) in [5, 5.41) is 0. The van der Waals surface area contributed by atoms with E-state index in [1.807, 2.05) is 6.92 Å². The molecule has 7 nitrogen and oxygen atoms in total. The second-order valence-electron chi connectivity index (χ2n) is 7.36. The number of hydrogen-bond acceptors (Lipinski definition) is 5. The molecule has 2 heterocycles. The first-order valence-corrected chi connectivity index (χ1v) is 11.2. The van der Waals surface area contributed by atoms with E-state index in [0.717, 1.165) is 9.87 Å². The zero-order valence-corrected chi connectivity index (χ0v) is 17.6. The minimum atomic E-state index is -3.88. The molecule has 1 aromatic heterocycles. The summed E-state index contributed by atoms with van der Waals surface area (Å²) in [5.74, 6) is -0.878. The van der Waals surface area contributed by atoms with Crippen molar-refractivity contribution in [3.8, 4) is 0 Å². The number of ether oxygens (including phenoxy) is 1. The fourth-order valence-electron chi connectivity index (χ4n) is 3.75. The fraction of sp³-hybridized carbons (Fsp3) is 0.333. The largest absolute Gasteiger partial charge is 0.456 e. The molecule has 1 atom stereocenters. The van der Waals surface area contributed by atoms with Crippen molar-refractivity contribution >= 4 is 27.0 Å². The van der Waals surface area contributed by atoms with Crippen LogP contribution in [-0.2, 0) is 26.2 Å². The number of nitrogens with zero attached hydrogens (tertiary/aromatic N) is 3. The summed E-state index contributed by atoms with van der Waals surface area (Å²) < 4.78 is 60.2. The van der Waals surface area contributed by atoms with Gasteiger partial charge in [-0.1, -0.05) is 29.8 Å². The lowest BCUT2D eigenvalue weighted by Gasteiger charge is -2.22. The first kappa shape index (κ1) is 21.4. The Bertz CT molecular complexity index is 1210. The predicted molar refractivity (Wildman–Crippen MR) is 109 cm³/mol. The highest BCUT2D eigenvalue weighted by molar-refractivity contribution is 7.89. The average molecular weight is 449 g/mol. The van der Waals surface area contributed by atoms with Gasteiger partial charge in [0.15, 0.2) is 5.82 Å². The highest BCUT2D eigenvalue weighted by Crippen LogP contribution is 2.28. The molecule has 1 aliphatic heterocycles. The van der Waals surface area contributed by atoms with Crippen LogP contribution in [0.4, 0.5) is 8.78 Å². The van der Waals surface area contributed by atoms with Gasteiger partial charge in [-0.2, -0.15) is 13.1 Å². The van der Waals surface area contributed by atoms with E-state index in [2.05, 4.69) is 4.98 Å². The third-order valence-electron chi connectivity index (χ3n) is 5.31. The number of sulfonamides is 1. The molecule has 0 saturated carbocycles. The molecule has 0 amide bonds. The van der Waals surface area contributed by atoms with Crippen LogP contribution in [0.15, 0.2) is 53.4 Å². The summed E-state index contributed by atoms with van der Waals surface area (Å²) in [7, 11) is -3.88. The number of hydrogen-bond donors (Lipinski definition) is 0. The molecule has 3 aromatic rings. The molecule has 0 aliphatic carbocycles. The molecule has 0 unspecified atom stereocenters. The quantitative estimate of drug-likeness (QED) is 0.537. The van der Waals surface area contributed by atoms with Crippen LogP contribution >= 0.6 is 0 Å². The Labute approximate surface area is 178 Å². The van der Waals surface area contributed by atoms with Gasteiger partial charge in [0.1, 0.15) is 12.6 Å². The molecule has 10 heteroatoms. The first-order chi connectivity index (χ1) is 14.8. The molecule has 1 fully saturated rings. The van der Waals surface area contributed by atoms with Gasteiger partial charge in [-0.15, -0.1) is 0 Å². The molecular formula is C21H21F2N3O4S. The number of carbonyl (C=O) groups excluding carboxylic acids is 1. The molecule has 2 aromatic carbocycles. The number of para-hydroxylation sites is 2. The topological polar surface area (TPSA) is 81.5 Å². The van der Waals surface area contributed by atoms with Crippen molar-refractivity contribution in [3.63, 3.8) is 0 Å². The van der Waals surface area contributed by atoms with Gasteiger partial charge in [-0.3, -0.25) is 9.36 Å². The van der Waals surface area contributed by atoms with E-state index in [4.69, 9.17) is 4.74 Å². The minimum Gasteiger partial charge on any atom is -0.456 e. The van der Waals surface area contributed by atoms with Gasteiger partial charge in [-0.25, -0.2) is 13.4 Å². The van der Waals surface area contributed by atoms with E-state index in [1.54, 1.807) is 30.3 Å². The van der Waals surface area contributed by atoms with Crippen LogP contribution in [0.25, 0.3) is 11.0 Å². The van der Waals surface area contributed by atoms with Crippen LogP contribution in [0.2, 0.25) is 0 Å². The van der Waals surface area contributed by atoms with Crippen molar-refractivity contribution in [2.45, 2.75) is 43.9 Å². The van der Waals surface area contributed by atoms with Gasteiger partial charge in [0.2, 0.25) is 10.0 Å². The molecule has 1 aliphatic rings. The number of rotatable bonds is 6. The number of aromatic nitrogens is 2. The SMILES string of the molecule is Cc1ccc(S(=O)(=O)N2CCC[C@H]2C(=O)OCc2nc3ccccc3n2C(F)F)cc1. The van der Waals surface area contributed by atoms with E-state index in [-0.39, 0.29) is 22.8 Å². The number of aryl methyl sites for hydroxylation is 1. The van der Waals surface area contributed by atoms with Crippen molar-refractivity contribution in [3.05, 3.63) is 59.9 Å². The Balaban J connectivity index is 1.53. The summed E-state index contributed by atoms with van der Waals surface area (Å²) in [4.78, 5) is 16.9. The van der Waals surface area contributed by atoms with Crippen molar-refractivity contribution < 1.29 is 26.7 Å². The van der Waals surface area contributed by atoms with Gasteiger partial charge in [0.05, 0.1) is 15.9 Å². The van der Waals surface area contributed by atoms with E-state index in [9.17, 15) is 22.0 Å². The summed E-state index contributed by atoms with van der Waals surface area (Å²) in [6.07, 6.45) is 0.801. The maximum atomic E-state index is 13.5. The summed E-state index contributed by atoms with van der Waals surface area (Å²) >= 11 is 0. The van der Waals surface area contributed by atoms with Crippen LogP contribution in [0.3, 0.4) is 0 Å². The molecule has 31 heavy (non-hydrogen) atoms. The Hall–Kier alpha value is -2.85. The number of benzene rings is 2. The van der Waals surface area contributed by atoms with Crippen LogP contribution in [0, 0.1) is 6.92 Å². The highest BCUT2D eigenvalue weighted by Gasteiger charge is 2.40. The number of fused-ring (bicyclic) bond motifs is 1. The monoisotopic (exact) mass is 449 g/mol. The van der Waals surface area contributed by atoms with Gasteiger partial charge in [-0.05, 0) is 44.0 Å². The third kappa shape index (κ3) is 4.05. The number of halogens is 2. The Morgan fingerprint density at radius 1 is 1.19 bits per heavy atom. The molecule has 164 valence electrons. The lowest BCUT2D eigenvalue weighted by molar-refractivity contribution is -0.149. The highest BCUT2D eigenvalue weighted by atomic mass is 32.2. The maximum absolute atomic E-state index is 13.5. The van der Waals surface area contributed by atoms with Crippen LogP contribution < -0.4 is 0 Å². The van der Waals surface area contributed by atoms with Crippen molar-refractivity contribution in [1.82, 2.24) is 13.9 Å². The van der Waals surface area contributed by atoms with E-state index < -0.39 is 35.2 Å². The first-order valence-electron chi connectivity index (χ1n) is 9.78. The van der Waals surface area contributed by atoms with E-state index >= 15 is 0 Å². The number of esters is 1. The van der Waals surface area contributed by atoms with Crippen molar-refractivity contribution in [2.24, 2.45) is 0 Å². The molecule has 0 bridgehead atoms. The third-order valence-corrected chi connectivity index (χ3v) is 7.23.